The molecule has 1 heterocycles. The Balaban J connectivity index is 1.93. The minimum atomic E-state index is -0.0355. The van der Waals surface area contributed by atoms with Gasteiger partial charge in [-0.2, -0.15) is 0 Å². The molecule has 104 valence electrons. The smallest absolute Gasteiger partial charge is 0.224 e. The molecule has 1 aromatic carbocycles. The van der Waals surface area contributed by atoms with Crippen LogP contribution in [0.15, 0.2) is 30.3 Å². The standard InChI is InChI=1S/C16H24N2O/c1-12-9-17-10-14(12)15(19)18-11-16(2,3)13-7-5-4-6-8-13/h4-8,12,14,17H,9-11H2,1-3H3,(H,18,19). The lowest BCUT2D eigenvalue weighted by molar-refractivity contribution is -0.125. The van der Waals surface area contributed by atoms with Gasteiger partial charge in [-0.25, -0.2) is 0 Å². The highest BCUT2D eigenvalue weighted by Gasteiger charge is 2.30. The molecular weight excluding hydrogens is 236 g/mol. The van der Waals surface area contributed by atoms with Crippen LogP contribution in [0.3, 0.4) is 0 Å². The van der Waals surface area contributed by atoms with Gasteiger partial charge in [0.15, 0.2) is 0 Å². The van der Waals surface area contributed by atoms with Crippen LogP contribution in [0.5, 0.6) is 0 Å². The third-order valence-electron chi connectivity index (χ3n) is 4.11. The number of amides is 1. The highest BCUT2D eigenvalue weighted by atomic mass is 16.1. The van der Waals surface area contributed by atoms with E-state index in [1.54, 1.807) is 0 Å². The maximum atomic E-state index is 12.2. The number of hydrogen-bond acceptors (Lipinski definition) is 2. The van der Waals surface area contributed by atoms with Gasteiger partial charge in [0.1, 0.15) is 0 Å². The summed E-state index contributed by atoms with van der Waals surface area (Å²) in [7, 11) is 0. The maximum Gasteiger partial charge on any atom is 0.224 e. The fourth-order valence-electron chi connectivity index (χ4n) is 2.59. The van der Waals surface area contributed by atoms with Crippen LogP contribution >= 0.6 is 0 Å². The highest BCUT2D eigenvalue weighted by Crippen LogP contribution is 2.22. The molecule has 1 aliphatic rings. The molecule has 2 N–H and O–H groups in total. The molecule has 3 nitrogen and oxygen atoms in total. The molecule has 19 heavy (non-hydrogen) atoms. The van der Waals surface area contributed by atoms with Gasteiger partial charge in [-0.15, -0.1) is 0 Å². The minimum Gasteiger partial charge on any atom is -0.355 e. The van der Waals surface area contributed by atoms with Crippen LogP contribution in [0.25, 0.3) is 0 Å². The van der Waals surface area contributed by atoms with Crippen molar-refractivity contribution in [3.05, 3.63) is 35.9 Å². The molecule has 2 rings (SSSR count). The summed E-state index contributed by atoms with van der Waals surface area (Å²) in [6.07, 6.45) is 0. The predicted molar refractivity (Wildman–Crippen MR) is 78.0 cm³/mol. The Bertz CT molecular complexity index is 428. The van der Waals surface area contributed by atoms with Crippen molar-refractivity contribution in [2.24, 2.45) is 11.8 Å². The van der Waals surface area contributed by atoms with E-state index in [-0.39, 0.29) is 17.2 Å². The summed E-state index contributed by atoms with van der Waals surface area (Å²) < 4.78 is 0. The van der Waals surface area contributed by atoms with E-state index in [0.717, 1.165) is 13.1 Å². The first-order valence-electron chi connectivity index (χ1n) is 7.04. The summed E-state index contributed by atoms with van der Waals surface area (Å²) in [5.74, 6) is 0.730. The van der Waals surface area contributed by atoms with E-state index in [4.69, 9.17) is 0 Å². The summed E-state index contributed by atoms with van der Waals surface area (Å²) in [6.45, 7) is 8.89. The largest absolute Gasteiger partial charge is 0.355 e. The first kappa shape index (κ1) is 14.1. The van der Waals surface area contributed by atoms with Crippen LogP contribution in [0.4, 0.5) is 0 Å². The van der Waals surface area contributed by atoms with Crippen molar-refractivity contribution in [1.82, 2.24) is 10.6 Å². The van der Waals surface area contributed by atoms with Crippen LogP contribution in [-0.4, -0.2) is 25.5 Å². The number of benzene rings is 1. The topological polar surface area (TPSA) is 41.1 Å². The molecule has 0 bridgehead atoms. The van der Waals surface area contributed by atoms with Gasteiger partial charge in [-0.1, -0.05) is 51.1 Å². The van der Waals surface area contributed by atoms with Crippen molar-refractivity contribution in [3.8, 4) is 0 Å². The van der Waals surface area contributed by atoms with E-state index < -0.39 is 0 Å². The lowest BCUT2D eigenvalue weighted by Gasteiger charge is -2.27. The molecule has 1 amide bonds. The van der Waals surface area contributed by atoms with Crippen molar-refractivity contribution in [3.63, 3.8) is 0 Å². The molecule has 0 aromatic heterocycles. The summed E-state index contributed by atoms with van der Waals surface area (Å²) in [4.78, 5) is 12.2. The molecule has 0 radical (unpaired) electrons. The van der Waals surface area contributed by atoms with Gasteiger partial charge in [0, 0.05) is 18.5 Å². The zero-order chi connectivity index (χ0) is 13.9. The Hall–Kier alpha value is -1.35. The Labute approximate surface area is 115 Å². The predicted octanol–water partition coefficient (Wildman–Crippen LogP) is 1.94. The van der Waals surface area contributed by atoms with Gasteiger partial charge in [0.2, 0.25) is 5.91 Å². The lowest BCUT2D eigenvalue weighted by atomic mass is 9.84. The molecule has 2 unspecified atom stereocenters. The molecule has 1 aliphatic heterocycles. The van der Waals surface area contributed by atoms with E-state index in [1.807, 2.05) is 18.2 Å². The maximum absolute atomic E-state index is 12.2. The van der Waals surface area contributed by atoms with Crippen LogP contribution in [0.1, 0.15) is 26.3 Å². The quantitative estimate of drug-likeness (QED) is 0.868. The number of carbonyl (C=O) groups excluding carboxylic acids is 1. The SMILES string of the molecule is CC1CNCC1C(=O)NCC(C)(C)c1ccccc1. The Kier molecular flexibility index (Phi) is 4.25. The molecule has 1 fully saturated rings. The zero-order valence-corrected chi connectivity index (χ0v) is 12.1. The number of hydrogen-bond donors (Lipinski definition) is 2. The summed E-state index contributed by atoms with van der Waals surface area (Å²) in [6, 6.07) is 10.3. The van der Waals surface area contributed by atoms with Crippen LogP contribution in [-0.2, 0) is 10.2 Å². The van der Waals surface area contributed by atoms with Crippen molar-refractivity contribution >= 4 is 5.91 Å². The van der Waals surface area contributed by atoms with Gasteiger partial charge >= 0.3 is 0 Å². The van der Waals surface area contributed by atoms with E-state index in [2.05, 4.69) is 43.5 Å². The second kappa shape index (κ2) is 5.74. The van der Waals surface area contributed by atoms with Crippen LogP contribution in [0.2, 0.25) is 0 Å². The fourth-order valence-corrected chi connectivity index (χ4v) is 2.59. The summed E-state index contributed by atoms with van der Waals surface area (Å²) >= 11 is 0. The summed E-state index contributed by atoms with van der Waals surface area (Å²) in [5, 5.41) is 6.39. The van der Waals surface area contributed by atoms with Crippen molar-refractivity contribution < 1.29 is 4.79 Å². The van der Waals surface area contributed by atoms with E-state index >= 15 is 0 Å². The van der Waals surface area contributed by atoms with E-state index in [9.17, 15) is 4.79 Å². The van der Waals surface area contributed by atoms with E-state index in [0.29, 0.717) is 12.5 Å². The molecular formula is C16H24N2O. The average Bonchev–Trinajstić information content (AvgIpc) is 2.83. The molecule has 0 spiro atoms. The molecule has 1 aromatic rings. The number of nitrogens with one attached hydrogen (secondary N) is 2. The second-order valence-electron chi connectivity index (χ2n) is 6.21. The van der Waals surface area contributed by atoms with Crippen molar-refractivity contribution in [1.29, 1.82) is 0 Å². The zero-order valence-electron chi connectivity index (χ0n) is 12.1. The normalized spacial score (nSPS) is 23.3. The monoisotopic (exact) mass is 260 g/mol. The van der Waals surface area contributed by atoms with Gasteiger partial charge in [0.05, 0.1) is 5.92 Å². The Morgan fingerprint density at radius 3 is 2.58 bits per heavy atom. The number of carbonyl (C=O) groups is 1. The molecule has 1 saturated heterocycles. The molecule has 0 aliphatic carbocycles. The Morgan fingerprint density at radius 2 is 2.00 bits per heavy atom. The van der Waals surface area contributed by atoms with Gasteiger partial charge in [-0.3, -0.25) is 4.79 Å². The third kappa shape index (κ3) is 3.35. The lowest BCUT2D eigenvalue weighted by Crippen LogP contribution is -2.41. The summed E-state index contributed by atoms with van der Waals surface area (Å²) in [5.41, 5.74) is 1.22. The minimum absolute atomic E-state index is 0.0355. The van der Waals surface area contributed by atoms with Crippen molar-refractivity contribution in [2.75, 3.05) is 19.6 Å². The molecule has 2 atom stereocenters. The number of rotatable bonds is 4. The second-order valence-corrected chi connectivity index (χ2v) is 6.21. The first-order chi connectivity index (χ1) is 9.00. The third-order valence-corrected chi connectivity index (χ3v) is 4.11. The van der Waals surface area contributed by atoms with Gasteiger partial charge in [-0.05, 0) is 18.0 Å². The highest BCUT2D eigenvalue weighted by molar-refractivity contribution is 5.79. The van der Waals surface area contributed by atoms with Gasteiger partial charge < -0.3 is 10.6 Å². The average molecular weight is 260 g/mol. The van der Waals surface area contributed by atoms with E-state index in [1.165, 1.54) is 5.56 Å². The van der Waals surface area contributed by atoms with Crippen molar-refractivity contribution in [2.45, 2.75) is 26.2 Å². The van der Waals surface area contributed by atoms with Gasteiger partial charge in [0.25, 0.3) is 0 Å². The Morgan fingerprint density at radius 1 is 1.32 bits per heavy atom. The molecule has 0 saturated carbocycles. The van der Waals surface area contributed by atoms with Crippen LogP contribution in [0, 0.1) is 11.8 Å². The van der Waals surface area contributed by atoms with Crippen LogP contribution < -0.4 is 10.6 Å². The fraction of sp³-hybridized carbons (Fsp3) is 0.562. The first-order valence-corrected chi connectivity index (χ1v) is 7.04. The molecule has 3 heteroatoms.